The molecular formula is C13H11N3O2. The molecule has 2 aromatic heterocycles. The smallest absolute Gasteiger partial charge is 0.245 e. The van der Waals surface area contributed by atoms with Gasteiger partial charge in [0, 0.05) is 18.0 Å². The first-order valence-electron chi connectivity index (χ1n) is 5.50. The molecule has 0 saturated heterocycles. The number of hydrogen-bond donors (Lipinski definition) is 1. The molecule has 0 radical (unpaired) electrons. The summed E-state index contributed by atoms with van der Waals surface area (Å²) < 4.78 is 7.41. The number of benzene rings is 1. The predicted molar refractivity (Wildman–Crippen MR) is 65.9 cm³/mol. The fourth-order valence-corrected chi connectivity index (χ4v) is 1.73. The zero-order valence-electron chi connectivity index (χ0n) is 9.74. The fraction of sp³-hybridized carbons (Fsp3) is 0.0769. The lowest BCUT2D eigenvalue weighted by Crippen LogP contribution is -1.94. The Kier molecular flexibility index (Phi) is 2.37. The normalized spacial score (nSPS) is 10.7. The van der Waals surface area contributed by atoms with E-state index in [9.17, 15) is 5.11 Å². The molecule has 0 bridgehead atoms. The van der Waals surface area contributed by atoms with Gasteiger partial charge in [-0.2, -0.15) is 5.10 Å². The first kappa shape index (κ1) is 10.6. The number of aromatic nitrogens is 3. The number of fused-ring (bicyclic) bond motifs is 1. The van der Waals surface area contributed by atoms with E-state index < -0.39 is 0 Å². The summed E-state index contributed by atoms with van der Waals surface area (Å²) in [5.74, 6) is 1.24. The highest BCUT2D eigenvalue weighted by Gasteiger charge is 2.09. The highest BCUT2D eigenvalue weighted by molar-refractivity contribution is 5.57. The third-order valence-electron chi connectivity index (χ3n) is 2.75. The minimum Gasteiger partial charge on any atom is -0.508 e. The Morgan fingerprint density at radius 2 is 2.11 bits per heavy atom. The van der Waals surface area contributed by atoms with Crippen molar-refractivity contribution in [2.75, 3.05) is 0 Å². The Hall–Kier alpha value is -2.56. The van der Waals surface area contributed by atoms with Crippen LogP contribution < -0.4 is 4.74 Å². The third kappa shape index (κ3) is 1.66. The molecule has 0 aliphatic carbocycles. The Bertz CT molecular complexity index is 706. The maximum atomic E-state index is 9.63. The summed E-state index contributed by atoms with van der Waals surface area (Å²) in [4.78, 5) is 4.18. The molecule has 1 N–H and O–H groups in total. The summed E-state index contributed by atoms with van der Waals surface area (Å²) >= 11 is 0. The van der Waals surface area contributed by atoms with Gasteiger partial charge in [0.25, 0.3) is 0 Å². The van der Waals surface area contributed by atoms with Gasteiger partial charge in [-0.25, -0.2) is 9.50 Å². The molecule has 0 spiro atoms. The van der Waals surface area contributed by atoms with Crippen molar-refractivity contribution in [2.24, 2.45) is 0 Å². The number of nitrogens with zero attached hydrogens (tertiary/aromatic N) is 3. The fourth-order valence-electron chi connectivity index (χ4n) is 1.73. The monoisotopic (exact) mass is 241 g/mol. The van der Waals surface area contributed by atoms with Crippen molar-refractivity contribution in [3.05, 3.63) is 48.4 Å². The highest BCUT2D eigenvalue weighted by Crippen LogP contribution is 2.30. The van der Waals surface area contributed by atoms with E-state index in [-0.39, 0.29) is 5.75 Å². The second-order valence-corrected chi connectivity index (χ2v) is 3.90. The van der Waals surface area contributed by atoms with Gasteiger partial charge in [0.05, 0.1) is 6.20 Å². The zero-order chi connectivity index (χ0) is 12.5. The summed E-state index contributed by atoms with van der Waals surface area (Å²) in [6, 6.07) is 6.96. The summed E-state index contributed by atoms with van der Waals surface area (Å²) in [6.45, 7) is 1.79. The summed E-state index contributed by atoms with van der Waals surface area (Å²) in [6.07, 6.45) is 5.05. The second kappa shape index (κ2) is 4.03. The van der Waals surface area contributed by atoms with Crippen molar-refractivity contribution in [2.45, 2.75) is 6.92 Å². The van der Waals surface area contributed by atoms with Gasteiger partial charge in [-0.3, -0.25) is 0 Å². The average Bonchev–Trinajstić information content (AvgIpc) is 2.84. The molecule has 0 unspecified atom stereocenters. The van der Waals surface area contributed by atoms with Gasteiger partial charge in [0.15, 0.2) is 0 Å². The highest BCUT2D eigenvalue weighted by atomic mass is 16.5. The number of phenolic OH excluding ortho intramolecular Hbond substituents is 1. The van der Waals surface area contributed by atoms with Gasteiger partial charge in [-0.05, 0) is 25.1 Å². The van der Waals surface area contributed by atoms with E-state index in [2.05, 4.69) is 10.1 Å². The van der Waals surface area contributed by atoms with Crippen molar-refractivity contribution >= 4 is 5.52 Å². The van der Waals surface area contributed by atoms with Crippen LogP contribution in [0.5, 0.6) is 17.4 Å². The van der Waals surface area contributed by atoms with Crippen molar-refractivity contribution in [1.29, 1.82) is 0 Å². The quantitative estimate of drug-likeness (QED) is 0.749. The van der Waals surface area contributed by atoms with E-state index >= 15 is 0 Å². The van der Waals surface area contributed by atoms with Crippen molar-refractivity contribution in [1.82, 2.24) is 14.6 Å². The van der Waals surface area contributed by atoms with Gasteiger partial charge in [0.2, 0.25) is 5.88 Å². The lowest BCUT2D eigenvalue weighted by molar-refractivity contribution is 0.440. The molecule has 18 heavy (non-hydrogen) atoms. The topological polar surface area (TPSA) is 59.7 Å². The van der Waals surface area contributed by atoms with E-state index in [0.717, 1.165) is 5.52 Å². The molecule has 3 rings (SSSR count). The minimum atomic E-state index is 0.202. The van der Waals surface area contributed by atoms with Crippen molar-refractivity contribution in [3.8, 4) is 17.4 Å². The number of hydrogen-bond acceptors (Lipinski definition) is 4. The molecular weight excluding hydrogens is 230 g/mol. The van der Waals surface area contributed by atoms with E-state index in [1.54, 1.807) is 48.2 Å². The van der Waals surface area contributed by atoms with Crippen LogP contribution in [0.4, 0.5) is 0 Å². The van der Waals surface area contributed by atoms with E-state index in [1.807, 2.05) is 6.07 Å². The van der Waals surface area contributed by atoms with Gasteiger partial charge >= 0.3 is 0 Å². The van der Waals surface area contributed by atoms with Gasteiger partial charge < -0.3 is 9.84 Å². The number of phenols is 1. The molecule has 5 heteroatoms. The van der Waals surface area contributed by atoms with E-state index in [0.29, 0.717) is 17.2 Å². The van der Waals surface area contributed by atoms with Crippen LogP contribution in [-0.4, -0.2) is 19.7 Å². The van der Waals surface area contributed by atoms with Crippen LogP contribution in [0.3, 0.4) is 0 Å². The molecule has 3 aromatic rings. The largest absolute Gasteiger partial charge is 0.508 e. The molecule has 0 fully saturated rings. The molecule has 2 heterocycles. The number of rotatable bonds is 2. The number of aromatic hydroxyl groups is 1. The third-order valence-corrected chi connectivity index (χ3v) is 2.75. The van der Waals surface area contributed by atoms with E-state index in [1.165, 1.54) is 0 Å². The van der Waals surface area contributed by atoms with Crippen LogP contribution in [0.1, 0.15) is 5.56 Å². The van der Waals surface area contributed by atoms with Gasteiger partial charge in [0.1, 0.15) is 17.0 Å². The van der Waals surface area contributed by atoms with Crippen LogP contribution in [-0.2, 0) is 0 Å². The van der Waals surface area contributed by atoms with Crippen LogP contribution >= 0.6 is 0 Å². The Balaban J connectivity index is 2.06. The molecule has 5 nitrogen and oxygen atoms in total. The molecule has 1 aromatic carbocycles. The predicted octanol–water partition coefficient (Wildman–Crippen LogP) is 2.54. The average molecular weight is 241 g/mol. The molecule has 90 valence electrons. The first-order valence-corrected chi connectivity index (χ1v) is 5.50. The summed E-state index contributed by atoms with van der Waals surface area (Å²) in [5.41, 5.74) is 1.46. The van der Waals surface area contributed by atoms with Crippen LogP contribution in [0, 0.1) is 6.92 Å². The van der Waals surface area contributed by atoms with Crippen LogP contribution in [0.15, 0.2) is 42.9 Å². The molecule has 0 atom stereocenters. The van der Waals surface area contributed by atoms with Crippen molar-refractivity contribution < 1.29 is 9.84 Å². The Morgan fingerprint density at radius 1 is 1.22 bits per heavy atom. The first-order chi connectivity index (χ1) is 8.75. The van der Waals surface area contributed by atoms with Crippen LogP contribution in [0.2, 0.25) is 0 Å². The van der Waals surface area contributed by atoms with Gasteiger partial charge in [-0.15, -0.1) is 0 Å². The lowest BCUT2D eigenvalue weighted by atomic mass is 10.2. The molecule has 0 aliphatic rings. The Labute approximate surface area is 103 Å². The summed E-state index contributed by atoms with van der Waals surface area (Å²) in [7, 11) is 0. The minimum absolute atomic E-state index is 0.202. The standard InChI is InChI=1S/C13H11N3O2/c1-9-11(17)3-2-4-12(9)18-13-10-5-6-15-16(10)8-7-14-13/h2-8,17H,1H3. The molecule has 0 saturated carbocycles. The SMILES string of the molecule is Cc1c(O)cccc1Oc1nccn2nccc12. The lowest BCUT2D eigenvalue weighted by Gasteiger charge is -2.09. The summed E-state index contributed by atoms with van der Waals surface area (Å²) in [5, 5.41) is 13.7. The van der Waals surface area contributed by atoms with Crippen molar-refractivity contribution in [3.63, 3.8) is 0 Å². The molecule has 0 aliphatic heterocycles. The van der Waals surface area contributed by atoms with E-state index in [4.69, 9.17) is 4.74 Å². The van der Waals surface area contributed by atoms with Gasteiger partial charge in [-0.1, -0.05) is 6.07 Å². The second-order valence-electron chi connectivity index (χ2n) is 3.90. The maximum Gasteiger partial charge on any atom is 0.245 e. The number of ether oxygens (including phenoxy) is 1. The Morgan fingerprint density at radius 3 is 3.00 bits per heavy atom. The molecule has 0 amide bonds. The maximum absolute atomic E-state index is 9.63. The zero-order valence-corrected chi connectivity index (χ0v) is 9.74. The van der Waals surface area contributed by atoms with Crippen LogP contribution in [0.25, 0.3) is 5.52 Å².